The first-order valence-corrected chi connectivity index (χ1v) is 6.27. The van der Waals surface area contributed by atoms with Crippen molar-refractivity contribution in [3.63, 3.8) is 0 Å². The SMILES string of the molecule is Cc1ccc2c(c1)OC(C)(C)CCC[C@@H]2C. The van der Waals surface area contributed by atoms with Crippen LogP contribution < -0.4 is 4.74 Å². The first-order valence-electron chi connectivity index (χ1n) is 6.27. The van der Waals surface area contributed by atoms with Crippen molar-refractivity contribution < 1.29 is 4.74 Å². The van der Waals surface area contributed by atoms with Gasteiger partial charge in [-0.15, -0.1) is 0 Å². The number of fused-ring (bicyclic) bond motifs is 1. The van der Waals surface area contributed by atoms with E-state index in [1.54, 1.807) is 0 Å². The molecule has 88 valence electrons. The largest absolute Gasteiger partial charge is 0.488 e. The molecule has 2 rings (SSSR count). The fourth-order valence-electron chi connectivity index (χ4n) is 2.48. The van der Waals surface area contributed by atoms with Gasteiger partial charge < -0.3 is 4.74 Å². The van der Waals surface area contributed by atoms with Gasteiger partial charge in [0.2, 0.25) is 0 Å². The molecule has 0 radical (unpaired) electrons. The lowest BCUT2D eigenvalue weighted by Gasteiger charge is -2.32. The van der Waals surface area contributed by atoms with Crippen molar-refractivity contribution in [2.24, 2.45) is 0 Å². The molecule has 1 aromatic carbocycles. The molecular weight excluding hydrogens is 196 g/mol. The topological polar surface area (TPSA) is 9.23 Å². The Morgan fingerprint density at radius 1 is 1.31 bits per heavy atom. The fraction of sp³-hybridized carbons (Fsp3) is 0.600. The van der Waals surface area contributed by atoms with Crippen LogP contribution in [0.2, 0.25) is 0 Å². The lowest BCUT2D eigenvalue weighted by Crippen LogP contribution is -2.30. The third kappa shape index (κ3) is 2.40. The van der Waals surface area contributed by atoms with Gasteiger partial charge in [0.05, 0.1) is 0 Å². The Balaban J connectivity index is 2.42. The Labute approximate surface area is 98.8 Å². The third-order valence-corrected chi connectivity index (χ3v) is 3.50. The standard InChI is InChI=1S/C15H22O/c1-11-7-8-13-12(2)6-5-9-15(3,4)16-14(13)10-11/h7-8,10,12H,5-6,9H2,1-4H3/t12-/m0/s1. The van der Waals surface area contributed by atoms with Gasteiger partial charge in [-0.1, -0.05) is 19.1 Å². The molecule has 1 heterocycles. The Morgan fingerprint density at radius 3 is 2.81 bits per heavy atom. The highest BCUT2D eigenvalue weighted by molar-refractivity contribution is 5.40. The van der Waals surface area contributed by atoms with Gasteiger partial charge in [0.25, 0.3) is 0 Å². The highest BCUT2D eigenvalue weighted by Gasteiger charge is 2.25. The van der Waals surface area contributed by atoms with Gasteiger partial charge in [-0.25, -0.2) is 0 Å². The second-order valence-electron chi connectivity index (χ2n) is 5.70. The zero-order chi connectivity index (χ0) is 11.8. The lowest BCUT2D eigenvalue weighted by molar-refractivity contribution is 0.0891. The van der Waals surface area contributed by atoms with Gasteiger partial charge in [0.1, 0.15) is 11.4 Å². The van der Waals surface area contributed by atoms with Crippen molar-refractivity contribution in [2.75, 3.05) is 0 Å². The summed E-state index contributed by atoms with van der Waals surface area (Å²) in [6.07, 6.45) is 3.66. The smallest absolute Gasteiger partial charge is 0.123 e. The van der Waals surface area contributed by atoms with Crippen LogP contribution in [0.4, 0.5) is 0 Å². The van der Waals surface area contributed by atoms with Crippen molar-refractivity contribution in [1.29, 1.82) is 0 Å². The van der Waals surface area contributed by atoms with E-state index in [0.29, 0.717) is 5.92 Å². The molecule has 0 unspecified atom stereocenters. The summed E-state index contributed by atoms with van der Waals surface area (Å²) >= 11 is 0. The van der Waals surface area contributed by atoms with Crippen LogP contribution >= 0.6 is 0 Å². The predicted octanol–water partition coefficient (Wildman–Crippen LogP) is 4.44. The normalized spacial score (nSPS) is 23.9. The van der Waals surface area contributed by atoms with E-state index in [4.69, 9.17) is 4.74 Å². The van der Waals surface area contributed by atoms with Crippen LogP contribution in [-0.2, 0) is 0 Å². The summed E-state index contributed by atoms with van der Waals surface area (Å²) in [6, 6.07) is 6.60. The summed E-state index contributed by atoms with van der Waals surface area (Å²) < 4.78 is 6.18. The second kappa shape index (κ2) is 4.12. The van der Waals surface area contributed by atoms with E-state index in [-0.39, 0.29) is 5.60 Å². The molecule has 0 saturated carbocycles. The molecule has 16 heavy (non-hydrogen) atoms. The highest BCUT2D eigenvalue weighted by Crippen LogP contribution is 2.37. The first kappa shape index (κ1) is 11.5. The minimum atomic E-state index is -0.0251. The van der Waals surface area contributed by atoms with E-state index in [9.17, 15) is 0 Å². The molecule has 0 saturated heterocycles. The average Bonchev–Trinajstić information content (AvgIpc) is 2.14. The minimum Gasteiger partial charge on any atom is -0.488 e. The lowest BCUT2D eigenvalue weighted by atomic mass is 9.89. The van der Waals surface area contributed by atoms with Crippen LogP contribution in [-0.4, -0.2) is 5.60 Å². The minimum absolute atomic E-state index is 0.0251. The van der Waals surface area contributed by atoms with E-state index < -0.39 is 0 Å². The van der Waals surface area contributed by atoms with E-state index in [1.165, 1.54) is 24.0 Å². The fourth-order valence-corrected chi connectivity index (χ4v) is 2.48. The summed E-state index contributed by atoms with van der Waals surface area (Å²) in [4.78, 5) is 0. The van der Waals surface area contributed by atoms with Gasteiger partial charge >= 0.3 is 0 Å². The Hall–Kier alpha value is -0.980. The third-order valence-electron chi connectivity index (χ3n) is 3.50. The summed E-state index contributed by atoms with van der Waals surface area (Å²) in [5.74, 6) is 1.71. The monoisotopic (exact) mass is 218 g/mol. The van der Waals surface area contributed by atoms with Gasteiger partial charge in [-0.2, -0.15) is 0 Å². The van der Waals surface area contributed by atoms with Crippen LogP contribution in [0.15, 0.2) is 18.2 Å². The summed E-state index contributed by atoms with van der Waals surface area (Å²) in [5, 5.41) is 0. The maximum atomic E-state index is 6.18. The summed E-state index contributed by atoms with van der Waals surface area (Å²) in [5.41, 5.74) is 2.63. The zero-order valence-corrected chi connectivity index (χ0v) is 10.8. The van der Waals surface area contributed by atoms with Crippen LogP contribution in [0, 0.1) is 6.92 Å². The maximum absolute atomic E-state index is 6.18. The molecule has 0 spiro atoms. The average molecular weight is 218 g/mol. The van der Waals surface area contributed by atoms with Gasteiger partial charge in [-0.3, -0.25) is 0 Å². The molecule has 1 aromatic rings. The molecule has 1 atom stereocenters. The number of hydrogen-bond acceptors (Lipinski definition) is 1. The van der Waals surface area contributed by atoms with Crippen molar-refractivity contribution >= 4 is 0 Å². The van der Waals surface area contributed by atoms with Crippen molar-refractivity contribution in [3.05, 3.63) is 29.3 Å². The molecule has 0 N–H and O–H groups in total. The first-order chi connectivity index (χ1) is 7.48. The van der Waals surface area contributed by atoms with E-state index in [1.807, 2.05) is 0 Å². The molecule has 0 amide bonds. The molecule has 0 aromatic heterocycles. The van der Waals surface area contributed by atoms with Crippen LogP contribution in [0.5, 0.6) is 5.75 Å². The van der Waals surface area contributed by atoms with Crippen LogP contribution in [0.1, 0.15) is 57.1 Å². The number of rotatable bonds is 0. The molecular formula is C15H22O. The maximum Gasteiger partial charge on any atom is 0.123 e. The zero-order valence-electron chi connectivity index (χ0n) is 10.8. The second-order valence-corrected chi connectivity index (χ2v) is 5.70. The van der Waals surface area contributed by atoms with Crippen molar-refractivity contribution in [2.45, 2.75) is 58.5 Å². The predicted molar refractivity (Wildman–Crippen MR) is 68.2 cm³/mol. The van der Waals surface area contributed by atoms with Gasteiger partial charge in [0.15, 0.2) is 0 Å². The number of benzene rings is 1. The molecule has 0 bridgehead atoms. The van der Waals surface area contributed by atoms with Crippen molar-refractivity contribution in [3.8, 4) is 5.75 Å². The highest BCUT2D eigenvalue weighted by atomic mass is 16.5. The van der Waals surface area contributed by atoms with E-state index in [2.05, 4.69) is 45.9 Å². The Kier molecular flexibility index (Phi) is 2.96. The summed E-state index contributed by atoms with van der Waals surface area (Å²) in [7, 11) is 0. The molecule has 1 nitrogen and oxygen atoms in total. The Morgan fingerprint density at radius 2 is 2.06 bits per heavy atom. The number of aryl methyl sites for hydroxylation is 1. The molecule has 1 heteroatoms. The van der Waals surface area contributed by atoms with Gasteiger partial charge in [-0.05, 0) is 63.1 Å². The van der Waals surface area contributed by atoms with Crippen LogP contribution in [0.3, 0.4) is 0 Å². The quantitative estimate of drug-likeness (QED) is 0.625. The molecule has 1 aliphatic heterocycles. The van der Waals surface area contributed by atoms with Crippen molar-refractivity contribution in [1.82, 2.24) is 0 Å². The number of hydrogen-bond donors (Lipinski definition) is 0. The molecule has 1 aliphatic rings. The van der Waals surface area contributed by atoms with E-state index in [0.717, 1.165) is 12.2 Å². The summed E-state index contributed by atoms with van der Waals surface area (Å²) in [6.45, 7) is 8.81. The van der Waals surface area contributed by atoms with E-state index >= 15 is 0 Å². The number of ether oxygens (including phenoxy) is 1. The van der Waals surface area contributed by atoms with Gasteiger partial charge in [0, 0.05) is 0 Å². The Bertz CT molecular complexity index is 379. The van der Waals surface area contributed by atoms with Crippen LogP contribution in [0.25, 0.3) is 0 Å². The molecule has 0 aliphatic carbocycles. The molecule has 0 fully saturated rings.